The van der Waals surface area contributed by atoms with Crippen molar-refractivity contribution in [2.24, 2.45) is 0 Å². The van der Waals surface area contributed by atoms with Crippen molar-refractivity contribution >= 4 is 22.7 Å². The summed E-state index contributed by atoms with van der Waals surface area (Å²) in [6.45, 7) is -0.267. The molecule has 0 fully saturated rings. The van der Waals surface area contributed by atoms with Crippen molar-refractivity contribution < 1.29 is 31.1 Å². The van der Waals surface area contributed by atoms with Gasteiger partial charge in [-0.05, 0) is 12.1 Å². The zero-order valence-corrected chi connectivity index (χ0v) is 13.2. The van der Waals surface area contributed by atoms with Crippen molar-refractivity contribution in [1.29, 1.82) is 0 Å². The number of nitro groups is 2. The second-order valence-corrected chi connectivity index (χ2v) is 10.2. The van der Waals surface area contributed by atoms with E-state index in [9.17, 15) is 20.2 Å². The molecule has 6 nitrogen and oxygen atoms in total. The first-order valence-electron chi connectivity index (χ1n) is 5.09. The molecule has 100 valence electrons. The Hall–Kier alpha value is -1.07. The first-order valence-corrected chi connectivity index (χ1v) is 8.88. The molecular formula is C10H8IN2O4S2+. The average molecular weight is 411 g/mol. The Morgan fingerprint density at radius 1 is 0.895 bits per heavy atom. The predicted molar refractivity (Wildman–Crippen MR) is 67.4 cm³/mol. The molecule has 0 amide bonds. The minimum absolute atomic E-state index is 0.134. The zero-order valence-electron chi connectivity index (χ0n) is 9.45. The Morgan fingerprint density at radius 3 is 1.68 bits per heavy atom. The summed E-state index contributed by atoms with van der Waals surface area (Å²) in [6, 6.07) is 7.41. The van der Waals surface area contributed by atoms with E-state index < -0.39 is 0 Å². The van der Waals surface area contributed by atoms with Crippen LogP contribution in [0.5, 0.6) is 0 Å². The Kier molecular flexibility index (Phi) is 4.82. The fourth-order valence-electron chi connectivity index (χ4n) is 1.32. The van der Waals surface area contributed by atoms with E-state index in [4.69, 9.17) is 0 Å². The molecule has 0 saturated heterocycles. The van der Waals surface area contributed by atoms with E-state index in [-0.39, 0.29) is 44.1 Å². The van der Waals surface area contributed by atoms with E-state index in [0.29, 0.717) is 0 Å². The molecule has 0 saturated carbocycles. The molecule has 2 aromatic heterocycles. The summed E-state index contributed by atoms with van der Waals surface area (Å²) in [5, 5.41) is 20.8. The normalized spacial score (nSPS) is 10.5. The van der Waals surface area contributed by atoms with E-state index in [1.54, 1.807) is 12.1 Å². The first kappa shape index (κ1) is 14.3. The molecule has 0 aromatic carbocycles. The standard InChI is InChI=1S/C10H8IN2O4S2/c14-12(15)5-7-1-3-9(18-7)11-10-4-2-8(19-10)6-13(16)17/h1-4H,5-6H2/q+1. The lowest BCUT2D eigenvalue weighted by atomic mass is 10.5. The molecule has 0 aliphatic carbocycles. The van der Waals surface area contributed by atoms with Crippen LogP contribution >= 0.6 is 22.7 Å². The quantitative estimate of drug-likeness (QED) is 0.364. The SMILES string of the molecule is O=[N+]([O-])Cc1ccc([I+]c2ccc(C[N+](=O)[O-])s2)s1. The highest BCUT2D eigenvalue weighted by atomic mass is 127. The van der Waals surface area contributed by atoms with E-state index in [2.05, 4.69) is 0 Å². The van der Waals surface area contributed by atoms with Crippen LogP contribution in [0.4, 0.5) is 0 Å². The molecule has 0 N–H and O–H groups in total. The van der Waals surface area contributed by atoms with Crippen molar-refractivity contribution in [3.63, 3.8) is 0 Å². The number of hydrogen-bond acceptors (Lipinski definition) is 6. The Balaban J connectivity index is 2.00. The van der Waals surface area contributed by atoms with Crippen LogP contribution in [0.25, 0.3) is 0 Å². The highest BCUT2D eigenvalue weighted by molar-refractivity contribution is 7.10. The van der Waals surface area contributed by atoms with Crippen LogP contribution in [-0.2, 0) is 13.1 Å². The van der Waals surface area contributed by atoms with Crippen LogP contribution < -0.4 is 21.2 Å². The molecule has 0 bridgehead atoms. The second-order valence-electron chi connectivity index (χ2n) is 3.49. The predicted octanol–water partition coefficient (Wildman–Crippen LogP) is -0.509. The number of nitrogens with zero attached hydrogens (tertiary/aromatic N) is 2. The molecule has 2 rings (SSSR count). The van der Waals surface area contributed by atoms with Gasteiger partial charge in [0.2, 0.25) is 18.9 Å². The number of halogens is 1. The number of hydrogen-bond donors (Lipinski definition) is 0. The lowest BCUT2D eigenvalue weighted by molar-refractivity contribution is -0.585. The molecule has 0 aliphatic rings. The molecule has 0 spiro atoms. The Bertz CT molecular complexity index is 558. The smallest absolute Gasteiger partial charge is 0.264 e. The van der Waals surface area contributed by atoms with Gasteiger partial charge in [0.15, 0.2) is 0 Å². The van der Waals surface area contributed by atoms with Gasteiger partial charge in [-0.25, -0.2) is 0 Å². The van der Waals surface area contributed by atoms with Gasteiger partial charge in [-0.15, -0.1) is 0 Å². The molecule has 19 heavy (non-hydrogen) atoms. The highest BCUT2D eigenvalue weighted by Gasteiger charge is 2.22. The molecule has 0 unspecified atom stereocenters. The second kappa shape index (κ2) is 6.39. The summed E-state index contributed by atoms with van der Waals surface area (Å²) in [4.78, 5) is 21.6. The monoisotopic (exact) mass is 411 g/mol. The Labute approximate surface area is 126 Å². The van der Waals surface area contributed by atoms with Crippen LogP contribution in [0.1, 0.15) is 9.75 Å². The van der Waals surface area contributed by atoms with Crippen molar-refractivity contribution in [2.45, 2.75) is 13.1 Å². The maximum absolute atomic E-state index is 10.4. The summed E-state index contributed by atoms with van der Waals surface area (Å²) in [6.07, 6.45) is 0. The van der Waals surface area contributed by atoms with Gasteiger partial charge in [0.1, 0.15) is 0 Å². The topological polar surface area (TPSA) is 86.3 Å². The van der Waals surface area contributed by atoms with Crippen molar-refractivity contribution in [2.75, 3.05) is 0 Å². The van der Waals surface area contributed by atoms with Crippen LogP contribution in [0, 0.1) is 26.0 Å². The molecule has 2 aromatic rings. The fraction of sp³-hybridized carbons (Fsp3) is 0.200. The van der Waals surface area contributed by atoms with E-state index in [1.807, 2.05) is 12.1 Å². The van der Waals surface area contributed by atoms with E-state index in [0.717, 1.165) is 15.5 Å². The van der Waals surface area contributed by atoms with Crippen molar-refractivity contribution in [1.82, 2.24) is 0 Å². The summed E-state index contributed by atoms with van der Waals surface area (Å²) in [5.74, 6) is 0. The molecule has 0 atom stereocenters. The summed E-state index contributed by atoms with van der Waals surface area (Å²) in [5.41, 5.74) is 0. The minimum Gasteiger partial charge on any atom is -0.264 e. The van der Waals surface area contributed by atoms with Crippen molar-refractivity contribution in [3.8, 4) is 0 Å². The summed E-state index contributed by atoms with van der Waals surface area (Å²) < 4.78 is 2.29. The van der Waals surface area contributed by atoms with E-state index >= 15 is 0 Å². The lowest BCUT2D eigenvalue weighted by Gasteiger charge is -1.84. The fourth-order valence-corrected chi connectivity index (χ4v) is 7.83. The maximum Gasteiger partial charge on any atom is 0.381 e. The van der Waals surface area contributed by atoms with Crippen LogP contribution in [0.15, 0.2) is 24.3 Å². The third-order valence-electron chi connectivity index (χ3n) is 2.01. The van der Waals surface area contributed by atoms with Gasteiger partial charge in [0.25, 0.3) is 0 Å². The minimum atomic E-state index is -0.390. The number of rotatable bonds is 6. The third kappa shape index (κ3) is 4.51. The van der Waals surface area contributed by atoms with Gasteiger partial charge in [-0.2, -0.15) is 0 Å². The average Bonchev–Trinajstić information content (AvgIpc) is 2.88. The maximum atomic E-state index is 10.4. The molecule has 0 radical (unpaired) electrons. The van der Waals surface area contributed by atoms with Gasteiger partial charge in [0.05, 0.1) is 9.75 Å². The largest absolute Gasteiger partial charge is 0.381 e. The molecule has 2 heterocycles. The van der Waals surface area contributed by atoms with Gasteiger partial charge in [0, 0.05) is 22.0 Å². The summed E-state index contributed by atoms with van der Waals surface area (Å²) in [7, 11) is 0. The van der Waals surface area contributed by atoms with Gasteiger partial charge < -0.3 is 0 Å². The van der Waals surface area contributed by atoms with E-state index in [1.165, 1.54) is 22.7 Å². The number of thiophene rings is 2. The van der Waals surface area contributed by atoms with Crippen LogP contribution in [0.3, 0.4) is 0 Å². The molecular weight excluding hydrogens is 403 g/mol. The third-order valence-corrected chi connectivity index (χ3v) is 7.87. The highest BCUT2D eigenvalue weighted by Crippen LogP contribution is 2.11. The van der Waals surface area contributed by atoms with Gasteiger partial charge in [-0.3, -0.25) is 20.2 Å². The van der Waals surface area contributed by atoms with Crippen molar-refractivity contribution in [3.05, 3.63) is 60.0 Å². The van der Waals surface area contributed by atoms with Crippen LogP contribution in [-0.4, -0.2) is 9.85 Å². The van der Waals surface area contributed by atoms with Crippen LogP contribution in [0.2, 0.25) is 0 Å². The molecule has 0 aliphatic heterocycles. The Morgan fingerprint density at radius 2 is 1.32 bits per heavy atom. The summed E-state index contributed by atoms with van der Waals surface area (Å²) >= 11 is 2.53. The zero-order chi connectivity index (χ0) is 13.8. The first-order chi connectivity index (χ1) is 9.02. The van der Waals surface area contributed by atoms with Gasteiger partial charge in [-0.1, -0.05) is 22.7 Å². The van der Waals surface area contributed by atoms with Gasteiger partial charge >= 0.3 is 21.2 Å². The molecule has 9 heteroatoms. The lowest BCUT2D eigenvalue weighted by Crippen LogP contribution is -3.61.